The van der Waals surface area contributed by atoms with Crippen molar-refractivity contribution >= 4 is 38.6 Å². The Morgan fingerprint density at radius 2 is 1.80 bits per heavy atom. The SMILES string of the molecule is Cn1c(=O)c2c(OCc3ccccc3)c(C=O)sc2c2ccccc21. The average Bonchev–Trinajstić information content (AvgIpc) is 3.04. The van der Waals surface area contributed by atoms with E-state index in [1.54, 1.807) is 11.6 Å². The second-order valence-electron chi connectivity index (χ2n) is 5.77. The molecule has 124 valence electrons. The quantitative estimate of drug-likeness (QED) is 0.520. The fourth-order valence-corrected chi connectivity index (χ4v) is 4.09. The van der Waals surface area contributed by atoms with Crippen LogP contribution in [-0.2, 0) is 13.7 Å². The number of hydrogen-bond donors (Lipinski definition) is 0. The lowest BCUT2D eigenvalue weighted by Gasteiger charge is -2.08. The lowest BCUT2D eigenvalue weighted by molar-refractivity contribution is 0.112. The van der Waals surface area contributed by atoms with Crippen LogP contribution in [0.15, 0.2) is 59.4 Å². The summed E-state index contributed by atoms with van der Waals surface area (Å²) >= 11 is 1.31. The number of rotatable bonds is 4. The van der Waals surface area contributed by atoms with Crippen LogP contribution >= 0.6 is 11.3 Å². The van der Waals surface area contributed by atoms with Crippen molar-refractivity contribution < 1.29 is 9.53 Å². The molecule has 0 aliphatic heterocycles. The van der Waals surface area contributed by atoms with E-state index in [4.69, 9.17) is 4.74 Å². The standard InChI is InChI=1S/C20H15NO3S/c1-21-15-10-6-5-9-14(15)19-17(20(21)23)18(16(11-22)25-19)24-12-13-7-3-2-4-8-13/h2-11H,12H2,1H3. The van der Waals surface area contributed by atoms with Crippen LogP contribution in [0.5, 0.6) is 5.75 Å². The molecule has 25 heavy (non-hydrogen) atoms. The molecule has 4 aromatic rings. The van der Waals surface area contributed by atoms with Crippen molar-refractivity contribution in [2.45, 2.75) is 6.61 Å². The molecule has 0 aliphatic rings. The highest BCUT2D eigenvalue weighted by Gasteiger charge is 2.20. The molecule has 0 amide bonds. The molecule has 5 heteroatoms. The monoisotopic (exact) mass is 349 g/mol. The molecule has 2 aromatic carbocycles. The fraction of sp³-hybridized carbons (Fsp3) is 0.100. The number of aldehydes is 1. The number of hydrogen-bond acceptors (Lipinski definition) is 4. The first-order valence-electron chi connectivity index (χ1n) is 7.87. The van der Waals surface area contributed by atoms with E-state index in [0.717, 1.165) is 27.5 Å². The van der Waals surface area contributed by atoms with Gasteiger partial charge < -0.3 is 9.30 Å². The molecule has 2 heterocycles. The van der Waals surface area contributed by atoms with Crippen molar-refractivity contribution in [3.63, 3.8) is 0 Å². The number of thiophene rings is 1. The zero-order valence-electron chi connectivity index (χ0n) is 13.6. The first-order chi connectivity index (χ1) is 12.2. The lowest BCUT2D eigenvalue weighted by Crippen LogP contribution is -2.17. The van der Waals surface area contributed by atoms with Gasteiger partial charge in [0.1, 0.15) is 16.9 Å². The Morgan fingerprint density at radius 1 is 1.08 bits per heavy atom. The number of aryl methyl sites for hydroxylation is 1. The smallest absolute Gasteiger partial charge is 0.263 e. The third kappa shape index (κ3) is 2.53. The van der Waals surface area contributed by atoms with Gasteiger partial charge in [0.05, 0.1) is 10.2 Å². The predicted octanol–water partition coefficient (Wildman–Crippen LogP) is 4.14. The average molecular weight is 349 g/mol. The Balaban J connectivity index is 1.94. The van der Waals surface area contributed by atoms with Gasteiger partial charge in [0.25, 0.3) is 5.56 Å². The zero-order valence-corrected chi connectivity index (χ0v) is 14.4. The van der Waals surface area contributed by atoms with E-state index in [1.165, 1.54) is 11.3 Å². The van der Waals surface area contributed by atoms with E-state index in [0.29, 0.717) is 22.6 Å². The number of para-hydroxylation sites is 1. The van der Waals surface area contributed by atoms with Gasteiger partial charge >= 0.3 is 0 Å². The number of benzene rings is 2. The summed E-state index contributed by atoms with van der Waals surface area (Å²) in [7, 11) is 1.74. The van der Waals surface area contributed by atoms with Gasteiger partial charge in [0, 0.05) is 12.4 Å². The van der Waals surface area contributed by atoms with Crippen LogP contribution in [0.25, 0.3) is 21.0 Å². The van der Waals surface area contributed by atoms with Crippen molar-refractivity contribution in [3.8, 4) is 5.75 Å². The molecule has 0 saturated heterocycles. The van der Waals surface area contributed by atoms with Crippen LogP contribution in [0.1, 0.15) is 15.2 Å². The van der Waals surface area contributed by atoms with Crippen LogP contribution < -0.4 is 10.3 Å². The maximum atomic E-state index is 12.9. The highest BCUT2D eigenvalue weighted by molar-refractivity contribution is 7.22. The molecule has 0 bridgehead atoms. The second-order valence-corrected chi connectivity index (χ2v) is 6.83. The summed E-state index contributed by atoms with van der Waals surface area (Å²) in [6, 6.07) is 17.4. The van der Waals surface area contributed by atoms with Crippen molar-refractivity contribution in [1.82, 2.24) is 4.57 Å². The summed E-state index contributed by atoms with van der Waals surface area (Å²) in [6.45, 7) is 0.309. The van der Waals surface area contributed by atoms with E-state index < -0.39 is 0 Å². The summed E-state index contributed by atoms with van der Waals surface area (Å²) in [5.74, 6) is 0.380. The molecular weight excluding hydrogens is 334 g/mol. The summed E-state index contributed by atoms with van der Waals surface area (Å²) in [4.78, 5) is 24.9. The number of pyridine rings is 1. The minimum Gasteiger partial charge on any atom is -0.486 e. The number of carbonyl (C=O) groups excluding carboxylic acids is 1. The van der Waals surface area contributed by atoms with Gasteiger partial charge in [-0.25, -0.2) is 0 Å². The molecule has 0 spiro atoms. The van der Waals surface area contributed by atoms with Gasteiger partial charge in [0.2, 0.25) is 0 Å². The van der Waals surface area contributed by atoms with E-state index in [-0.39, 0.29) is 5.56 Å². The topological polar surface area (TPSA) is 48.3 Å². The minimum absolute atomic E-state index is 0.152. The Bertz CT molecular complexity index is 1140. The van der Waals surface area contributed by atoms with Crippen LogP contribution in [0.2, 0.25) is 0 Å². The molecule has 2 aromatic heterocycles. The first kappa shape index (κ1) is 15.6. The third-order valence-corrected chi connectivity index (χ3v) is 5.38. The van der Waals surface area contributed by atoms with Gasteiger partial charge in [-0.2, -0.15) is 0 Å². The lowest BCUT2D eigenvalue weighted by atomic mass is 10.1. The maximum Gasteiger partial charge on any atom is 0.263 e. The molecule has 0 saturated carbocycles. The molecular formula is C20H15NO3S. The Kier molecular flexibility index (Phi) is 3.86. The van der Waals surface area contributed by atoms with Crippen LogP contribution in [0.3, 0.4) is 0 Å². The van der Waals surface area contributed by atoms with E-state index >= 15 is 0 Å². The van der Waals surface area contributed by atoms with Crippen LogP contribution in [-0.4, -0.2) is 10.9 Å². The summed E-state index contributed by atoms with van der Waals surface area (Å²) in [6.07, 6.45) is 0.763. The summed E-state index contributed by atoms with van der Waals surface area (Å²) in [5, 5.41) is 1.42. The second kappa shape index (κ2) is 6.18. The summed E-state index contributed by atoms with van der Waals surface area (Å²) in [5.41, 5.74) is 1.67. The Hall–Kier alpha value is -2.92. The van der Waals surface area contributed by atoms with E-state index in [9.17, 15) is 9.59 Å². The van der Waals surface area contributed by atoms with Crippen molar-refractivity contribution in [2.24, 2.45) is 7.05 Å². The van der Waals surface area contributed by atoms with Gasteiger partial charge in [-0.3, -0.25) is 9.59 Å². The van der Waals surface area contributed by atoms with Crippen molar-refractivity contribution in [2.75, 3.05) is 0 Å². The highest BCUT2D eigenvalue weighted by Crippen LogP contribution is 2.38. The molecule has 0 unspecified atom stereocenters. The Labute approximate surface area is 147 Å². The van der Waals surface area contributed by atoms with Crippen molar-refractivity contribution in [1.29, 1.82) is 0 Å². The van der Waals surface area contributed by atoms with Gasteiger partial charge in [0.15, 0.2) is 12.0 Å². The molecule has 0 aliphatic carbocycles. The van der Waals surface area contributed by atoms with Crippen LogP contribution in [0.4, 0.5) is 0 Å². The first-order valence-corrected chi connectivity index (χ1v) is 8.68. The number of nitrogens with zero attached hydrogens (tertiary/aromatic N) is 1. The van der Waals surface area contributed by atoms with Crippen LogP contribution in [0, 0.1) is 0 Å². The predicted molar refractivity (Wildman–Crippen MR) is 101 cm³/mol. The van der Waals surface area contributed by atoms with Crippen molar-refractivity contribution in [3.05, 3.63) is 75.4 Å². The summed E-state index contributed by atoms with van der Waals surface area (Å²) < 4.78 is 8.32. The molecule has 0 atom stereocenters. The van der Waals surface area contributed by atoms with E-state index in [1.807, 2.05) is 54.6 Å². The molecule has 4 nitrogen and oxygen atoms in total. The van der Waals surface area contributed by atoms with Gasteiger partial charge in [-0.05, 0) is 11.6 Å². The van der Waals surface area contributed by atoms with E-state index in [2.05, 4.69) is 0 Å². The molecule has 0 radical (unpaired) electrons. The fourth-order valence-electron chi connectivity index (χ4n) is 3.00. The number of aromatic nitrogens is 1. The highest BCUT2D eigenvalue weighted by atomic mass is 32.1. The Morgan fingerprint density at radius 3 is 2.56 bits per heavy atom. The molecule has 0 fully saturated rings. The largest absolute Gasteiger partial charge is 0.486 e. The molecule has 4 rings (SSSR count). The maximum absolute atomic E-state index is 12.9. The molecule has 0 N–H and O–H groups in total. The van der Waals surface area contributed by atoms with Gasteiger partial charge in [-0.15, -0.1) is 11.3 Å². The minimum atomic E-state index is -0.152. The van der Waals surface area contributed by atoms with Gasteiger partial charge in [-0.1, -0.05) is 48.5 Å². The number of ether oxygens (including phenoxy) is 1. The number of fused-ring (bicyclic) bond motifs is 3. The zero-order chi connectivity index (χ0) is 17.4. The third-order valence-electron chi connectivity index (χ3n) is 4.25. The number of carbonyl (C=O) groups is 1. The normalized spacial score (nSPS) is 11.1.